The first-order valence-electron chi connectivity index (χ1n) is 6.37. The van der Waals surface area contributed by atoms with Gasteiger partial charge in [0, 0.05) is 0 Å². The van der Waals surface area contributed by atoms with Crippen LogP contribution in [-0.2, 0) is 9.47 Å². The van der Waals surface area contributed by atoms with Gasteiger partial charge in [0.15, 0.2) is 0 Å². The monoisotopic (exact) mass is 333 g/mol. The van der Waals surface area contributed by atoms with Crippen molar-refractivity contribution in [3.05, 3.63) is 12.1 Å². The summed E-state index contributed by atoms with van der Waals surface area (Å²) in [5, 5.41) is 0. The van der Waals surface area contributed by atoms with Crippen LogP contribution in [0, 0.1) is 0 Å². The fourth-order valence-corrected chi connectivity index (χ4v) is 1.89. The van der Waals surface area contributed by atoms with Crippen LogP contribution in [0.3, 0.4) is 0 Å². The molecule has 0 radical (unpaired) electrons. The van der Waals surface area contributed by atoms with Gasteiger partial charge in [0.25, 0.3) is 0 Å². The van der Waals surface area contributed by atoms with E-state index in [-0.39, 0.29) is 64.0 Å². The number of hydrogen-bond acceptors (Lipinski definition) is 3. The minimum absolute atomic E-state index is 0. The third kappa shape index (κ3) is 7.05. The predicted octanol–water partition coefficient (Wildman–Crippen LogP) is 0.305. The molecule has 1 rings (SSSR count). The Hall–Kier alpha value is 0.461. The summed E-state index contributed by atoms with van der Waals surface area (Å²) >= 11 is 0. The van der Waals surface area contributed by atoms with E-state index in [9.17, 15) is 17.7 Å². The molecule has 116 valence electrons. The summed E-state index contributed by atoms with van der Waals surface area (Å²) in [7, 11) is 0. The predicted molar refractivity (Wildman–Crippen MR) is 70.1 cm³/mol. The zero-order valence-electron chi connectivity index (χ0n) is 13.3. The van der Waals surface area contributed by atoms with Gasteiger partial charge in [-0.05, 0) is 34.6 Å². The molecule has 0 aromatic carbocycles. The summed E-state index contributed by atoms with van der Waals surface area (Å²) < 4.78 is 47.5. The normalized spacial score (nSPS) is 22.3. The van der Waals surface area contributed by atoms with E-state index >= 15 is 0 Å². The van der Waals surface area contributed by atoms with E-state index in [1.165, 1.54) is 4.90 Å². The van der Waals surface area contributed by atoms with Gasteiger partial charge in [-0.2, -0.15) is 0 Å². The van der Waals surface area contributed by atoms with Crippen molar-refractivity contribution in [2.45, 2.75) is 52.0 Å². The van der Waals surface area contributed by atoms with Gasteiger partial charge in [-0.25, -0.2) is 4.79 Å². The molecule has 1 heterocycles. The molecule has 1 atom stereocenters. The van der Waals surface area contributed by atoms with E-state index in [4.69, 9.17) is 9.47 Å². The average Bonchev–Trinajstić information content (AvgIpc) is 2.46. The molecule has 0 bridgehead atoms. The van der Waals surface area contributed by atoms with Gasteiger partial charge in [0.05, 0.1) is 12.6 Å². The second kappa shape index (κ2) is 7.35. The van der Waals surface area contributed by atoms with E-state index in [0.29, 0.717) is 0 Å². The number of carbonyl (C=O) groups is 1. The molecule has 1 aliphatic heterocycles. The molecule has 1 amide bonds. The molecule has 1 aliphatic rings. The zero-order valence-corrected chi connectivity index (χ0v) is 16.4. The van der Waals surface area contributed by atoms with E-state index in [0.717, 1.165) is 6.08 Å². The molecule has 0 N–H and O–H groups in total. The Bertz CT molecular complexity index is 408. The Labute approximate surface area is 165 Å². The van der Waals surface area contributed by atoms with Crippen LogP contribution in [-0.4, -0.2) is 41.9 Å². The first-order valence-corrected chi connectivity index (χ1v) is 6.37. The van der Waals surface area contributed by atoms with Crippen LogP contribution >= 0.6 is 0 Å². The molecule has 0 aliphatic carbocycles. The minimum atomic E-state index is -5.04. The smallest absolute Gasteiger partial charge is 0.445 e. The third-order valence-corrected chi connectivity index (χ3v) is 2.66. The van der Waals surface area contributed by atoms with Crippen molar-refractivity contribution in [3.8, 4) is 0 Å². The standard InChI is InChI=1S/C12H20BF3NO3.K/c1-11(2,3)20-10(18)17-9(6-7-13(14,15)16)8-19-12(17,4)5;/h6-7,9H,8H2,1-5H3;/q-1;+1/b7-6+;/t9-;/m0./s1. The first-order chi connectivity index (χ1) is 8.82. The van der Waals surface area contributed by atoms with Gasteiger partial charge in [0.2, 0.25) is 0 Å². The minimum Gasteiger partial charge on any atom is -0.445 e. The topological polar surface area (TPSA) is 38.8 Å². The fourth-order valence-electron chi connectivity index (χ4n) is 1.89. The van der Waals surface area contributed by atoms with E-state index < -0.39 is 30.4 Å². The maximum atomic E-state index is 12.3. The average molecular weight is 333 g/mol. The first kappa shape index (κ1) is 21.5. The summed E-state index contributed by atoms with van der Waals surface area (Å²) in [6.07, 6.45) is 0.253. The van der Waals surface area contributed by atoms with Crippen LogP contribution in [0.1, 0.15) is 34.6 Å². The summed E-state index contributed by atoms with van der Waals surface area (Å²) in [6.45, 7) is 3.27. The summed E-state index contributed by atoms with van der Waals surface area (Å²) in [6, 6.07) is -0.789. The molecule has 9 heteroatoms. The van der Waals surface area contributed by atoms with Crippen LogP contribution in [0.4, 0.5) is 17.7 Å². The Balaban J connectivity index is 0.00000400. The van der Waals surface area contributed by atoms with Crippen molar-refractivity contribution in [1.29, 1.82) is 0 Å². The molecule has 0 unspecified atom stereocenters. The van der Waals surface area contributed by atoms with Crippen molar-refractivity contribution in [2.75, 3.05) is 6.61 Å². The number of ether oxygens (including phenoxy) is 2. The van der Waals surface area contributed by atoms with Crippen LogP contribution in [0.15, 0.2) is 12.1 Å². The van der Waals surface area contributed by atoms with E-state index in [1.807, 2.05) is 0 Å². The van der Waals surface area contributed by atoms with Crippen LogP contribution < -0.4 is 51.4 Å². The molecule has 4 nitrogen and oxygen atoms in total. The zero-order chi connectivity index (χ0) is 15.8. The molecule has 1 fully saturated rings. The fraction of sp³-hybridized carbons (Fsp3) is 0.750. The van der Waals surface area contributed by atoms with Gasteiger partial charge in [-0.3, -0.25) is 4.90 Å². The van der Waals surface area contributed by atoms with Crippen LogP contribution in [0.5, 0.6) is 0 Å². The van der Waals surface area contributed by atoms with Gasteiger partial charge in [-0.15, -0.1) is 5.98 Å². The largest absolute Gasteiger partial charge is 1.00 e. The van der Waals surface area contributed by atoms with E-state index in [2.05, 4.69) is 0 Å². The molecule has 0 aromatic rings. The van der Waals surface area contributed by atoms with Gasteiger partial charge < -0.3 is 22.4 Å². The number of halogens is 3. The van der Waals surface area contributed by atoms with E-state index in [1.54, 1.807) is 34.6 Å². The molecule has 0 saturated carbocycles. The number of rotatable bonds is 2. The summed E-state index contributed by atoms with van der Waals surface area (Å²) in [5.74, 6) is 0.173. The van der Waals surface area contributed by atoms with Crippen molar-refractivity contribution < 1.29 is 78.6 Å². The SMILES string of the molecule is CC(C)(C)OC(=O)N1[C@@H](/C=C/[B-](F)(F)F)COC1(C)C.[K+]. The second-order valence-corrected chi connectivity index (χ2v) is 6.19. The molecule has 1 saturated heterocycles. The molecule has 0 aromatic heterocycles. The molecular formula is C12H20BF3KNO3. The second-order valence-electron chi connectivity index (χ2n) is 6.19. The third-order valence-electron chi connectivity index (χ3n) is 2.66. The number of hydrogen-bond donors (Lipinski definition) is 0. The Morgan fingerprint density at radius 1 is 1.38 bits per heavy atom. The maximum Gasteiger partial charge on any atom is 1.00 e. The summed E-state index contributed by atoms with van der Waals surface area (Å²) in [4.78, 5) is 13.3. The summed E-state index contributed by atoms with van der Waals surface area (Å²) in [5.41, 5.74) is -1.73. The molecule has 21 heavy (non-hydrogen) atoms. The maximum absolute atomic E-state index is 12.3. The number of nitrogens with zero attached hydrogens (tertiary/aromatic N) is 1. The molecular weight excluding hydrogens is 313 g/mol. The Kier molecular flexibility index (Phi) is 7.52. The van der Waals surface area contributed by atoms with Crippen molar-refractivity contribution >= 4 is 13.1 Å². The number of carbonyl (C=O) groups excluding carboxylic acids is 1. The Morgan fingerprint density at radius 2 is 1.90 bits per heavy atom. The number of amides is 1. The van der Waals surface area contributed by atoms with Crippen molar-refractivity contribution in [1.82, 2.24) is 4.90 Å². The molecule has 0 spiro atoms. The quantitative estimate of drug-likeness (QED) is 0.683. The van der Waals surface area contributed by atoms with Crippen LogP contribution in [0.2, 0.25) is 0 Å². The Morgan fingerprint density at radius 3 is 2.33 bits per heavy atom. The van der Waals surface area contributed by atoms with Crippen molar-refractivity contribution in [2.24, 2.45) is 0 Å². The van der Waals surface area contributed by atoms with Gasteiger partial charge >= 0.3 is 64.5 Å². The van der Waals surface area contributed by atoms with Crippen molar-refractivity contribution in [3.63, 3.8) is 0 Å². The van der Waals surface area contributed by atoms with Gasteiger partial charge in [0.1, 0.15) is 11.3 Å². The van der Waals surface area contributed by atoms with Crippen LogP contribution in [0.25, 0.3) is 0 Å². The van der Waals surface area contributed by atoms with Gasteiger partial charge in [-0.1, -0.05) is 6.08 Å².